The van der Waals surface area contributed by atoms with Crippen molar-refractivity contribution in [3.63, 3.8) is 0 Å². The Morgan fingerprint density at radius 2 is 2.17 bits per heavy atom. The van der Waals surface area contributed by atoms with Crippen molar-refractivity contribution in [3.05, 3.63) is 41.2 Å². The van der Waals surface area contributed by atoms with Crippen molar-refractivity contribution in [2.45, 2.75) is 26.5 Å². The first kappa shape index (κ1) is 12.9. The number of ether oxygens (including phenoxy) is 1. The summed E-state index contributed by atoms with van der Waals surface area (Å²) in [6.45, 7) is 4.01. The van der Waals surface area contributed by atoms with E-state index in [1.807, 2.05) is 24.7 Å². The summed E-state index contributed by atoms with van der Waals surface area (Å²) in [6, 6.07) is 5.48. The van der Waals surface area contributed by atoms with E-state index in [4.69, 9.17) is 21.4 Å². The molecule has 0 aliphatic heterocycles. The second kappa shape index (κ2) is 5.42. The van der Waals surface area contributed by atoms with Gasteiger partial charge in [0.2, 0.25) is 0 Å². The van der Waals surface area contributed by atoms with Crippen LogP contribution in [0.5, 0.6) is 11.5 Å². The number of halogens is 1. The molecule has 0 saturated heterocycles. The molecule has 4 nitrogen and oxygen atoms in total. The third-order valence-electron chi connectivity index (χ3n) is 2.54. The van der Waals surface area contributed by atoms with Gasteiger partial charge in [0.05, 0.1) is 19.0 Å². The maximum absolute atomic E-state index is 9.02. The van der Waals surface area contributed by atoms with Crippen LogP contribution in [-0.4, -0.2) is 14.9 Å². The lowest BCUT2D eigenvalue weighted by molar-refractivity contribution is 0.282. The Balaban J connectivity index is 2.15. The lowest BCUT2D eigenvalue weighted by atomic mass is 10.2. The molecule has 1 aromatic heterocycles. The van der Waals surface area contributed by atoms with Gasteiger partial charge in [-0.2, -0.15) is 5.10 Å². The summed E-state index contributed by atoms with van der Waals surface area (Å²) in [6.07, 6.45) is 3.49. The van der Waals surface area contributed by atoms with Crippen molar-refractivity contribution >= 4 is 11.6 Å². The number of aliphatic hydroxyl groups is 1. The number of aliphatic hydroxyl groups excluding tert-OH is 1. The van der Waals surface area contributed by atoms with Gasteiger partial charge in [0, 0.05) is 11.1 Å². The molecule has 0 aliphatic rings. The van der Waals surface area contributed by atoms with Crippen LogP contribution in [0.15, 0.2) is 30.6 Å². The zero-order chi connectivity index (χ0) is 13.1. The SMILES string of the molecule is CC(C)n1cc(Oc2ccc(CO)c(Cl)c2)cn1. The fourth-order valence-corrected chi connectivity index (χ4v) is 1.74. The van der Waals surface area contributed by atoms with Gasteiger partial charge in [0.1, 0.15) is 5.75 Å². The van der Waals surface area contributed by atoms with Crippen LogP contribution in [0.4, 0.5) is 0 Å². The molecule has 0 fully saturated rings. The zero-order valence-corrected chi connectivity index (χ0v) is 11.1. The van der Waals surface area contributed by atoms with E-state index in [2.05, 4.69) is 5.10 Å². The fourth-order valence-electron chi connectivity index (χ4n) is 1.51. The van der Waals surface area contributed by atoms with Crippen molar-refractivity contribution in [2.75, 3.05) is 0 Å². The highest BCUT2D eigenvalue weighted by Gasteiger charge is 2.06. The maximum atomic E-state index is 9.02. The summed E-state index contributed by atoms with van der Waals surface area (Å²) in [4.78, 5) is 0. The van der Waals surface area contributed by atoms with Crippen molar-refractivity contribution in [3.8, 4) is 11.5 Å². The molecule has 0 atom stereocenters. The van der Waals surface area contributed by atoms with Gasteiger partial charge < -0.3 is 9.84 Å². The summed E-state index contributed by atoms with van der Waals surface area (Å²) in [7, 11) is 0. The number of hydrogen-bond acceptors (Lipinski definition) is 3. The van der Waals surface area contributed by atoms with E-state index in [1.54, 1.807) is 24.4 Å². The Hall–Kier alpha value is -1.52. The van der Waals surface area contributed by atoms with Crippen LogP contribution >= 0.6 is 11.6 Å². The Bertz CT molecular complexity index is 538. The molecule has 96 valence electrons. The van der Waals surface area contributed by atoms with Gasteiger partial charge >= 0.3 is 0 Å². The van der Waals surface area contributed by atoms with E-state index in [-0.39, 0.29) is 6.61 Å². The number of nitrogens with zero attached hydrogens (tertiary/aromatic N) is 2. The predicted octanol–water partition coefficient (Wildman–Crippen LogP) is 3.40. The van der Waals surface area contributed by atoms with Crippen LogP contribution in [0.1, 0.15) is 25.5 Å². The second-order valence-electron chi connectivity index (χ2n) is 4.26. The zero-order valence-electron chi connectivity index (χ0n) is 10.3. The smallest absolute Gasteiger partial charge is 0.165 e. The molecule has 0 amide bonds. The lowest BCUT2D eigenvalue weighted by Crippen LogP contribution is -1.99. The minimum atomic E-state index is -0.0790. The largest absolute Gasteiger partial charge is 0.454 e. The first-order valence-electron chi connectivity index (χ1n) is 5.71. The van der Waals surface area contributed by atoms with Crippen LogP contribution in [0, 0.1) is 0 Å². The van der Waals surface area contributed by atoms with Crippen LogP contribution in [0.25, 0.3) is 0 Å². The van der Waals surface area contributed by atoms with Crippen molar-refractivity contribution in [1.82, 2.24) is 9.78 Å². The highest BCUT2D eigenvalue weighted by Crippen LogP contribution is 2.27. The minimum absolute atomic E-state index is 0.0790. The molecule has 2 aromatic rings. The third kappa shape index (κ3) is 2.83. The summed E-state index contributed by atoms with van der Waals surface area (Å²) < 4.78 is 7.46. The maximum Gasteiger partial charge on any atom is 0.165 e. The number of rotatable bonds is 4. The van der Waals surface area contributed by atoms with Gasteiger partial charge in [0.25, 0.3) is 0 Å². The Labute approximate surface area is 111 Å². The van der Waals surface area contributed by atoms with Crippen LogP contribution < -0.4 is 4.74 Å². The van der Waals surface area contributed by atoms with Gasteiger partial charge in [-0.25, -0.2) is 0 Å². The average molecular weight is 267 g/mol. The molecule has 1 heterocycles. The summed E-state index contributed by atoms with van der Waals surface area (Å²) in [5.41, 5.74) is 0.682. The standard InChI is InChI=1S/C13H15ClN2O2/c1-9(2)16-7-12(6-15-16)18-11-4-3-10(8-17)13(14)5-11/h3-7,9,17H,8H2,1-2H3. The molecule has 18 heavy (non-hydrogen) atoms. The number of hydrogen-bond donors (Lipinski definition) is 1. The average Bonchev–Trinajstić information content (AvgIpc) is 2.78. The highest BCUT2D eigenvalue weighted by atomic mass is 35.5. The normalized spacial score (nSPS) is 10.9. The number of aromatic nitrogens is 2. The van der Waals surface area contributed by atoms with E-state index < -0.39 is 0 Å². The molecule has 5 heteroatoms. The molecular formula is C13H15ClN2O2. The first-order chi connectivity index (χ1) is 8.60. The van der Waals surface area contributed by atoms with E-state index in [0.29, 0.717) is 28.1 Å². The monoisotopic (exact) mass is 266 g/mol. The van der Waals surface area contributed by atoms with Crippen molar-refractivity contribution in [1.29, 1.82) is 0 Å². The fraction of sp³-hybridized carbons (Fsp3) is 0.308. The van der Waals surface area contributed by atoms with E-state index in [0.717, 1.165) is 0 Å². The Morgan fingerprint density at radius 1 is 1.39 bits per heavy atom. The van der Waals surface area contributed by atoms with Gasteiger partial charge in [-0.1, -0.05) is 17.7 Å². The molecule has 1 N–H and O–H groups in total. The van der Waals surface area contributed by atoms with E-state index in [1.165, 1.54) is 0 Å². The quantitative estimate of drug-likeness (QED) is 0.923. The molecular weight excluding hydrogens is 252 g/mol. The Kier molecular flexibility index (Phi) is 3.89. The topological polar surface area (TPSA) is 47.3 Å². The lowest BCUT2D eigenvalue weighted by Gasteiger charge is -2.06. The molecule has 0 bridgehead atoms. The molecule has 0 radical (unpaired) electrons. The van der Waals surface area contributed by atoms with Gasteiger partial charge in [-0.3, -0.25) is 4.68 Å². The molecule has 0 aliphatic carbocycles. The van der Waals surface area contributed by atoms with Gasteiger partial charge in [0.15, 0.2) is 5.75 Å². The minimum Gasteiger partial charge on any atom is -0.454 e. The predicted molar refractivity (Wildman–Crippen MR) is 70.1 cm³/mol. The second-order valence-corrected chi connectivity index (χ2v) is 4.67. The molecule has 0 saturated carbocycles. The van der Waals surface area contributed by atoms with Crippen molar-refractivity contribution < 1.29 is 9.84 Å². The van der Waals surface area contributed by atoms with Gasteiger partial charge in [-0.15, -0.1) is 0 Å². The number of benzene rings is 1. The molecule has 2 rings (SSSR count). The molecule has 0 spiro atoms. The summed E-state index contributed by atoms with van der Waals surface area (Å²) >= 11 is 5.99. The van der Waals surface area contributed by atoms with Crippen LogP contribution in [-0.2, 0) is 6.61 Å². The van der Waals surface area contributed by atoms with Crippen LogP contribution in [0.3, 0.4) is 0 Å². The Morgan fingerprint density at radius 3 is 2.72 bits per heavy atom. The first-order valence-corrected chi connectivity index (χ1v) is 6.09. The molecule has 0 unspecified atom stereocenters. The summed E-state index contributed by atoms with van der Waals surface area (Å²) in [5.74, 6) is 1.29. The summed E-state index contributed by atoms with van der Waals surface area (Å²) in [5, 5.41) is 13.7. The van der Waals surface area contributed by atoms with E-state index >= 15 is 0 Å². The third-order valence-corrected chi connectivity index (χ3v) is 2.89. The molecule has 1 aromatic carbocycles. The van der Waals surface area contributed by atoms with Crippen LogP contribution in [0.2, 0.25) is 5.02 Å². The van der Waals surface area contributed by atoms with E-state index in [9.17, 15) is 0 Å². The highest BCUT2D eigenvalue weighted by molar-refractivity contribution is 6.31. The van der Waals surface area contributed by atoms with Gasteiger partial charge in [-0.05, 0) is 31.5 Å². The van der Waals surface area contributed by atoms with Crippen molar-refractivity contribution in [2.24, 2.45) is 0 Å².